The van der Waals surface area contributed by atoms with Gasteiger partial charge in [0.05, 0.1) is 16.6 Å². The molecule has 1 heterocycles. The van der Waals surface area contributed by atoms with E-state index in [-0.39, 0.29) is 6.04 Å². The third-order valence-corrected chi connectivity index (χ3v) is 3.75. The maximum atomic E-state index is 12.7. The van der Waals surface area contributed by atoms with Crippen molar-refractivity contribution >= 4 is 23.3 Å². The molecule has 1 aromatic carbocycles. The maximum Gasteiger partial charge on any atom is 0.416 e. The van der Waals surface area contributed by atoms with Crippen molar-refractivity contribution in [2.24, 2.45) is 0 Å². The summed E-state index contributed by atoms with van der Waals surface area (Å²) in [5, 5.41) is 0. The minimum absolute atomic E-state index is 0.225. The summed E-state index contributed by atoms with van der Waals surface area (Å²) in [5.41, 5.74) is 0.432. The molecule has 0 spiro atoms. The summed E-state index contributed by atoms with van der Waals surface area (Å²) in [5.74, 6) is 0. The average molecular weight is 303 g/mol. The standard InChI is InChI=1S/C13H16F3N3S/c1-8(18(2)3)7-19-11-5-4-9(13(14,15)16)6-10(11)17-12(19)20/h4-6,8H,7H2,1-3H3,(H,17,20). The van der Waals surface area contributed by atoms with Crippen molar-refractivity contribution in [2.45, 2.75) is 25.7 Å². The van der Waals surface area contributed by atoms with Crippen molar-refractivity contribution in [3.63, 3.8) is 0 Å². The number of rotatable bonds is 3. The van der Waals surface area contributed by atoms with Crippen LogP contribution in [0.2, 0.25) is 0 Å². The van der Waals surface area contributed by atoms with Crippen LogP contribution >= 0.6 is 12.2 Å². The second kappa shape index (κ2) is 5.21. The molecule has 20 heavy (non-hydrogen) atoms. The van der Waals surface area contributed by atoms with Crippen LogP contribution in [0.15, 0.2) is 18.2 Å². The highest BCUT2D eigenvalue weighted by Gasteiger charge is 2.30. The topological polar surface area (TPSA) is 24.0 Å². The molecule has 2 rings (SSSR count). The zero-order valence-corrected chi connectivity index (χ0v) is 12.3. The average Bonchev–Trinajstić information content (AvgIpc) is 2.64. The Morgan fingerprint density at radius 1 is 1.35 bits per heavy atom. The lowest BCUT2D eigenvalue weighted by molar-refractivity contribution is -0.137. The number of aromatic nitrogens is 2. The molecule has 0 aliphatic rings. The van der Waals surface area contributed by atoms with Crippen molar-refractivity contribution in [3.05, 3.63) is 28.5 Å². The number of aromatic amines is 1. The molecule has 3 nitrogen and oxygen atoms in total. The summed E-state index contributed by atoms with van der Waals surface area (Å²) < 4.78 is 40.3. The van der Waals surface area contributed by atoms with Gasteiger partial charge in [0.2, 0.25) is 0 Å². The number of alkyl halides is 3. The largest absolute Gasteiger partial charge is 0.416 e. The van der Waals surface area contributed by atoms with Crippen molar-refractivity contribution in [1.29, 1.82) is 0 Å². The van der Waals surface area contributed by atoms with E-state index in [1.165, 1.54) is 6.07 Å². The number of H-pyrrole nitrogens is 1. The van der Waals surface area contributed by atoms with Crippen LogP contribution in [0.4, 0.5) is 13.2 Å². The highest BCUT2D eigenvalue weighted by Crippen LogP contribution is 2.31. The molecule has 0 aliphatic heterocycles. The number of nitrogens with one attached hydrogen (secondary N) is 1. The van der Waals surface area contributed by atoms with Crippen LogP contribution < -0.4 is 0 Å². The number of likely N-dealkylation sites (N-methyl/N-ethyl adjacent to an activating group) is 1. The molecule has 0 aliphatic carbocycles. The number of imidazole rings is 1. The van der Waals surface area contributed by atoms with E-state index in [4.69, 9.17) is 12.2 Å². The lowest BCUT2D eigenvalue weighted by Gasteiger charge is -2.20. The number of hydrogen-bond acceptors (Lipinski definition) is 2. The van der Waals surface area contributed by atoms with Gasteiger partial charge in [-0.1, -0.05) is 0 Å². The molecule has 7 heteroatoms. The van der Waals surface area contributed by atoms with Gasteiger partial charge in [-0.05, 0) is 51.4 Å². The van der Waals surface area contributed by atoms with Gasteiger partial charge in [-0.15, -0.1) is 0 Å². The van der Waals surface area contributed by atoms with E-state index in [9.17, 15) is 13.2 Å². The normalized spacial score (nSPS) is 14.2. The van der Waals surface area contributed by atoms with E-state index < -0.39 is 11.7 Å². The molecule has 0 amide bonds. The van der Waals surface area contributed by atoms with E-state index in [1.54, 1.807) is 0 Å². The summed E-state index contributed by atoms with van der Waals surface area (Å²) in [7, 11) is 3.90. The first-order chi connectivity index (χ1) is 9.20. The summed E-state index contributed by atoms with van der Waals surface area (Å²) in [6.45, 7) is 2.65. The van der Waals surface area contributed by atoms with E-state index in [1.807, 2.05) is 30.5 Å². The molecular weight excluding hydrogens is 287 g/mol. The minimum atomic E-state index is -4.34. The van der Waals surface area contributed by atoms with Crippen molar-refractivity contribution in [2.75, 3.05) is 14.1 Å². The molecule has 1 N–H and O–H groups in total. The van der Waals surface area contributed by atoms with Gasteiger partial charge in [0.1, 0.15) is 0 Å². The van der Waals surface area contributed by atoms with Crippen LogP contribution in [0.5, 0.6) is 0 Å². The fourth-order valence-corrected chi connectivity index (χ4v) is 2.23. The van der Waals surface area contributed by atoms with E-state index >= 15 is 0 Å². The van der Waals surface area contributed by atoms with Crippen LogP contribution in [-0.4, -0.2) is 34.6 Å². The molecule has 1 unspecified atom stereocenters. The second-order valence-corrected chi connectivity index (χ2v) is 5.47. The molecule has 0 saturated carbocycles. The van der Waals surface area contributed by atoms with E-state index in [0.717, 1.165) is 12.1 Å². The summed E-state index contributed by atoms with van der Waals surface area (Å²) in [4.78, 5) is 4.88. The Labute approximate surface area is 120 Å². The number of nitrogens with zero attached hydrogens (tertiary/aromatic N) is 2. The Balaban J connectivity index is 2.48. The Bertz CT molecular complexity index is 670. The summed E-state index contributed by atoms with van der Waals surface area (Å²) >= 11 is 5.20. The van der Waals surface area contributed by atoms with Crippen LogP contribution in [0.25, 0.3) is 11.0 Å². The first-order valence-electron chi connectivity index (χ1n) is 6.16. The number of halogens is 3. The molecule has 0 fully saturated rings. The highest BCUT2D eigenvalue weighted by atomic mass is 32.1. The molecule has 1 aromatic heterocycles. The third kappa shape index (κ3) is 2.88. The number of benzene rings is 1. The lowest BCUT2D eigenvalue weighted by atomic mass is 10.2. The monoisotopic (exact) mass is 303 g/mol. The molecular formula is C13H16F3N3S. The molecule has 0 radical (unpaired) electrons. The third-order valence-electron chi connectivity index (χ3n) is 3.43. The van der Waals surface area contributed by atoms with Gasteiger partial charge in [0.15, 0.2) is 4.77 Å². The van der Waals surface area contributed by atoms with Crippen molar-refractivity contribution in [3.8, 4) is 0 Å². The van der Waals surface area contributed by atoms with Crippen LogP contribution in [0.1, 0.15) is 12.5 Å². The predicted octanol–water partition coefficient (Wildman–Crippen LogP) is 3.67. The maximum absolute atomic E-state index is 12.7. The molecule has 2 aromatic rings. The van der Waals surface area contributed by atoms with E-state index in [0.29, 0.717) is 22.3 Å². The fourth-order valence-electron chi connectivity index (χ4n) is 1.95. The van der Waals surface area contributed by atoms with Crippen LogP contribution in [0, 0.1) is 4.77 Å². The van der Waals surface area contributed by atoms with Gasteiger partial charge < -0.3 is 14.5 Å². The zero-order valence-electron chi connectivity index (χ0n) is 11.5. The lowest BCUT2D eigenvalue weighted by Crippen LogP contribution is -2.29. The van der Waals surface area contributed by atoms with Gasteiger partial charge in [-0.3, -0.25) is 0 Å². The number of fused-ring (bicyclic) bond motifs is 1. The Kier molecular flexibility index (Phi) is 3.93. The van der Waals surface area contributed by atoms with Gasteiger partial charge in [-0.2, -0.15) is 13.2 Å². The van der Waals surface area contributed by atoms with Gasteiger partial charge in [0, 0.05) is 12.6 Å². The Hall–Kier alpha value is -1.34. The van der Waals surface area contributed by atoms with Gasteiger partial charge in [-0.25, -0.2) is 0 Å². The van der Waals surface area contributed by atoms with Gasteiger partial charge >= 0.3 is 6.18 Å². The van der Waals surface area contributed by atoms with Crippen LogP contribution in [-0.2, 0) is 12.7 Å². The van der Waals surface area contributed by atoms with E-state index in [2.05, 4.69) is 4.98 Å². The fraction of sp³-hybridized carbons (Fsp3) is 0.462. The molecule has 0 saturated heterocycles. The SMILES string of the molecule is CC(Cn1c(=S)[nH]c2cc(C(F)(F)F)ccc21)N(C)C. The molecule has 110 valence electrons. The second-order valence-electron chi connectivity index (χ2n) is 5.08. The summed E-state index contributed by atoms with van der Waals surface area (Å²) in [6, 6.07) is 3.87. The first kappa shape index (κ1) is 15.1. The predicted molar refractivity (Wildman–Crippen MR) is 75.3 cm³/mol. The minimum Gasteiger partial charge on any atom is -0.331 e. The Morgan fingerprint density at radius 2 is 2.00 bits per heavy atom. The van der Waals surface area contributed by atoms with Crippen LogP contribution in [0.3, 0.4) is 0 Å². The summed E-state index contributed by atoms with van der Waals surface area (Å²) in [6.07, 6.45) is -4.34. The highest BCUT2D eigenvalue weighted by molar-refractivity contribution is 7.71. The Morgan fingerprint density at radius 3 is 2.55 bits per heavy atom. The molecule has 0 bridgehead atoms. The van der Waals surface area contributed by atoms with Gasteiger partial charge in [0.25, 0.3) is 0 Å². The molecule has 1 atom stereocenters. The zero-order chi connectivity index (χ0) is 15.1. The smallest absolute Gasteiger partial charge is 0.331 e. The van der Waals surface area contributed by atoms with Crippen molar-refractivity contribution in [1.82, 2.24) is 14.5 Å². The van der Waals surface area contributed by atoms with Crippen molar-refractivity contribution < 1.29 is 13.2 Å². The quantitative estimate of drug-likeness (QED) is 0.875. The first-order valence-corrected chi connectivity index (χ1v) is 6.57. The number of hydrogen-bond donors (Lipinski definition) is 1.